The summed E-state index contributed by atoms with van der Waals surface area (Å²) in [5.74, 6) is -0.108. The van der Waals surface area contributed by atoms with Crippen LogP contribution >= 0.6 is 11.8 Å². The summed E-state index contributed by atoms with van der Waals surface area (Å²) in [5, 5.41) is 3.39. The maximum absolute atomic E-state index is 13.0. The lowest BCUT2D eigenvalue weighted by atomic mass is 10.3. The molecule has 2 heterocycles. The number of benzene rings is 1. The molecule has 0 aliphatic rings. The number of halogens is 4. The minimum atomic E-state index is -4.58. The number of aromatic nitrogens is 4. The third-order valence-corrected chi connectivity index (χ3v) is 3.70. The molecule has 0 atom stereocenters. The van der Waals surface area contributed by atoms with Crippen molar-refractivity contribution >= 4 is 34.3 Å². The number of hydrogen-bond acceptors (Lipinski definition) is 7. The monoisotopic (exact) mass is 385 g/mol. The van der Waals surface area contributed by atoms with Gasteiger partial charge in [0, 0.05) is 11.8 Å². The smallest absolute Gasteiger partial charge is 0.428 e. The minimum Gasteiger partial charge on any atom is -0.428 e. The zero-order chi connectivity index (χ0) is 18.7. The standard InChI is InChI=1S/C15H11F4N5OS/c1-26-14-20-6-10-11(24-14)12(22-7-21-10)23-8-3-2-4-9(5-8)25-15(18,19)13(16)17/h2-7,13H,1H3,(H,21,22,23). The SMILES string of the molecule is CSc1ncc2ncnc(Nc3cccc(OC(F)(F)C(F)F)c3)c2n1. The van der Waals surface area contributed by atoms with Crippen LogP contribution in [0.2, 0.25) is 0 Å². The van der Waals surface area contributed by atoms with Crippen LogP contribution in [-0.4, -0.2) is 38.7 Å². The molecule has 0 unspecified atom stereocenters. The van der Waals surface area contributed by atoms with Gasteiger partial charge in [-0.25, -0.2) is 19.9 Å². The summed E-state index contributed by atoms with van der Waals surface area (Å²) in [7, 11) is 0. The number of anilines is 2. The Balaban J connectivity index is 1.90. The van der Waals surface area contributed by atoms with E-state index in [-0.39, 0.29) is 0 Å². The number of nitrogens with zero attached hydrogens (tertiary/aromatic N) is 4. The lowest BCUT2D eigenvalue weighted by molar-refractivity contribution is -0.253. The van der Waals surface area contributed by atoms with Gasteiger partial charge in [0.1, 0.15) is 23.1 Å². The number of alkyl halides is 4. The Kier molecular flexibility index (Phi) is 5.07. The van der Waals surface area contributed by atoms with E-state index < -0.39 is 18.3 Å². The van der Waals surface area contributed by atoms with Crippen molar-refractivity contribution in [2.24, 2.45) is 0 Å². The largest absolute Gasteiger partial charge is 0.461 e. The van der Waals surface area contributed by atoms with Crippen molar-refractivity contribution in [1.82, 2.24) is 19.9 Å². The van der Waals surface area contributed by atoms with Gasteiger partial charge in [0.2, 0.25) is 0 Å². The molecule has 0 aliphatic heterocycles. The van der Waals surface area contributed by atoms with E-state index in [1.54, 1.807) is 0 Å². The molecular formula is C15H11F4N5OS. The zero-order valence-electron chi connectivity index (χ0n) is 13.2. The Labute approximate surface area is 149 Å². The van der Waals surface area contributed by atoms with Gasteiger partial charge in [-0.1, -0.05) is 17.8 Å². The Hall–Kier alpha value is -2.69. The van der Waals surface area contributed by atoms with Crippen LogP contribution in [0, 0.1) is 0 Å². The molecule has 1 N–H and O–H groups in total. The van der Waals surface area contributed by atoms with Gasteiger partial charge < -0.3 is 10.1 Å². The predicted molar refractivity (Wildman–Crippen MR) is 88.2 cm³/mol. The Bertz CT molecular complexity index is 927. The molecule has 0 radical (unpaired) electrons. The molecule has 11 heteroatoms. The molecule has 136 valence electrons. The van der Waals surface area contributed by atoms with Crippen LogP contribution in [0.1, 0.15) is 0 Å². The Morgan fingerprint density at radius 3 is 2.73 bits per heavy atom. The fourth-order valence-electron chi connectivity index (χ4n) is 2.00. The van der Waals surface area contributed by atoms with Gasteiger partial charge in [0.15, 0.2) is 11.0 Å². The van der Waals surface area contributed by atoms with E-state index in [1.165, 1.54) is 36.4 Å². The molecule has 3 rings (SSSR count). The second-order valence-electron chi connectivity index (χ2n) is 4.93. The van der Waals surface area contributed by atoms with Crippen LogP contribution in [0.3, 0.4) is 0 Å². The first-order valence-corrected chi connectivity index (χ1v) is 8.35. The van der Waals surface area contributed by atoms with Crippen molar-refractivity contribution in [3.8, 4) is 5.75 Å². The highest BCUT2D eigenvalue weighted by Gasteiger charge is 2.43. The van der Waals surface area contributed by atoms with Crippen molar-refractivity contribution in [2.45, 2.75) is 17.7 Å². The molecule has 2 aromatic heterocycles. The maximum atomic E-state index is 13.0. The normalized spacial score (nSPS) is 11.8. The first-order valence-electron chi connectivity index (χ1n) is 7.13. The first kappa shape index (κ1) is 18.1. The number of hydrogen-bond donors (Lipinski definition) is 1. The summed E-state index contributed by atoms with van der Waals surface area (Å²) in [6, 6.07) is 5.22. The first-order chi connectivity index (χ1) is 12.4. The van der Waals surface area contributed by atoms with Crippen molar-refractivity contribution < 1.29 is 22.3 Å². The van der Waals surface area contributed by atoms with Crippen LogP contribution in [0.5, 0.6) is 5.75 Å². The average molecular weight is 385 g/mol. The summed E-state index contributed by atoms with van der Waals surface area (Å²) in [4.78, 5) is 16.5. The van der Waals surface area contributed by atoms with E-state index in [9.17, 15) is 17.6 Å². The molecule has 0 spiro atoms. The topological polar surface area (TPSA) is 72.8 Å². The number of thioether (sulfide) groups is 1. The van der Waals surface area contributed by atoms with Crippen LogP contribution in [0.15, 0.2) is 41.9 Å². The molecular weight excluding hydrogens is 374 g/mol. The van der Waals surface area contributed by atoms with Crippen molar-refractivity contribution in [1.29, 1.82) is 0 Å². The maximum Gasteiger partial charge on any atom is 0.461 e. The van der Waals surface area contributed by atoms with Gasteiger partial charge in [-0.3, -0.25) is 0 Å². The highest BCUT2D eigenvalue weighted by Crippen LogP contribution is 2.30. The van der Waals surface area contributed by atoms with Gasteiger partial charge in [0.25, 0.3) is 0 Å². The number of ether oxygens (including phenoxy) is 1. The number of nitrogens with one attached hydrogen (secondary N) is 1. The molecule has 1 aromatic carbocycles. The molecule has 6 nitrogen and oxygen atoms in total. The van der Waals surface area contributed by atoms with E-state index in [0.717, 1.165) is 12.1 Å². The minimum absolute atomic E-state index is 0.303. The molecule has 26 heavy (non-hydrogen) atoms. The molecule has 0 aliphatic carbocycles. The summed E-state index contributed by atoms with van der Waals surface area (Å²) < 4.78 is 54.7. The van der Waals surface area contributed by atoms with Crippen molar-refractivity contribution in [2.75, 3.05) is 11.6 Å². The Morgan fingerprint density at radius 1 is 1.19 bits per heavy atom. The third kappa shape index (κ3) is 3.93. The lowest BCUT2D eigenvalue weighted by Crippen LogP contribution is -2.33. The highest BCUT2D eigenvalue weighted by atomic mass is 32.2. The van der Waals surface area contributed by atoms with Crippen LogP contribution in [0.4, 0.5) is 29.1 Å². The van der Waals surface area contributed by atoms with Gasteiger partial charge in [-0.05, 0) is 18.4 Å². The third-order valence-electron chi connectivity index (χ3n) is 3.14. The fourth-order valence-corrected chi connectivity index (χ4v) is 2.34. The van der Waals surface area contributed by atoms with Crippen LogP contribution < -0.4 is 10.1 Å². The van der Waals surface area contributed by atoms with E-state index in [2.05, 4.69) is 30.0 Å². The fraction of sp³-hybridized carbons (Fsp3) is 0.200. The number of rotatable bonds is 6. The molecule has 0 saturated heterocycles. The van der Waals surface area contributed by atoms with Crippen molar-refractivity contribution in [3.05, 3.63) is 36.8 Å². The van der Waals surface area contributed by atoms with Crippen molar-refractivity contribution in [3.63, 3.8) is 0 Å². The van der Waals surface area contributed by atoms with E-state index in [1.807, 2.05) is 6.26 Å². The predicted octanol–water partition coefficient (Wildman–Crippen LogP) is 4.12. The van der Waals surface area contributed by atoms with Gasteiger partial charge in [-0.2, -0.15) is 17.6 Å². The second-order valence-corrected chi connectivity index (χ2v) is 5.70. The van der Waals surface area contributed by atoms with E-state index in [0.29, 0.717) is 27.7 Å². The quantitative estimate of drug-likeness (QED) is 0.389. The highest BCUT2D eigenvalue weighted by molar-refractivity contribution is 7.98. The van der Waals surface area contributed by atoms with Crippen LogP contribution in [-0.2, 0) is 0 Å². The average Bonchev–Trinajstić information content (AvgIpc) is 2.61. The van der Waals surface area contributed by atoms with Crippen LogP contribution in [0.25, 0.3) is 11.0 Å². The van der Waals surface area contributed by atoms with Gasteiger partial charge in [-0.15, -0.1) is 0 Å². The Morgan fingerprint density at radius 2 is 2.00 bits per heavy atom. The second kappa shape index (κ2) is 7.28. The molecule has 0 fully saturated rings. The number of fused-ring (bicyclic) bond motifs is 1. The van der Waals surface area contributed by atoms with Gasteiger partial charge >= 0.3 is 12.5 Å². The zero-order valence-corrected chi connectivity index (χ0v) is 14.0. The molecule has 3 aromatic rings. The lowest BCUT2D eigenvalue weighted by Gasteiger charge is -2.17. The molecule has 0 bridgehead atoms. The molecule has 0 saturated carbocycles. The summed E-state index contributed by atoms with van der Waals surface area (Å²) in [6.45, 7) is 0. The van der Waals surface area contributed by atoms with E-state index >= 15 is 0 Å². The summed E-state index contributed by atoms with van der Waals surface area (Å²) >= 11 is 1.33. The van der Waals surface area contributed by atoms with Gasteiger partial charge in [0.05, 0.1) is 6.20 Å². The summed E-state index contributed by atoms with van der Waals surface area (Å²) in [5.41, 5.74) is 1.21. The molecule has 0 amide bonds. The van der Waals surface area contributed by atoms with E-state index in [4.69, 9.17) is 0 Å². The summed E-state index contributed by atoms with van der Waals surface area (Å²) in [6.07, 6.45) is -3.89.